The third-order valence-electron chi connectivity index (χ3n) is 3.73. The summed E-state index contributed by atoms with van der Waals surface area (Å²) in [5.74, 6) is 0.659. The Balaban J connectivity index is 2.12. The summed E-state index contributed by atoms with van der Waals surface area (Å²) in [5.41, 5.74) is 3.96. The number of amides is 1. The second kappa shape index (κ2) is 2.32. The van der Waals surface area contributed by atoms with Crippen LogP contribution >= 0.6 is 0 Å². The Kier molecular flexibility index (Phi) is 1.19. The summed E-state index contributed by atoms with van der Waals surface area (Å²) in [7, 11) is 0. The van der Waals surface area contributed by atoms with Gasteiger partial charge in [-0.25, -0.2) is 0 Å². The lowest BCUT2D eigenvalue weighted by atomic mass is 9.88. The fraction of sp³-hybridized carbons (Fsp3) is 0.308. The first-order chi connectivity index (χ1) is 7.33. The van der Waals surface area contributed by atoms with Crippen molar-refractivity contribution in [3.63, 3.8) is 0 Å². The molecule has 3 aliphatic rings. The number of rotatable bonds is 0. The molecule has 1 heterocycles. The third-order valence-corrected chi connectivity index (χ3v) is 3.73. The van der Waals surface area contributed by atoms with Crippen molar-refractivity contribution in [1.82, 2.24) is 5.32 Å². The maximum absolute atomic E-state index is 11.4. The van der Waals surface area contributed by atoms with Gasteiger partial charge in [-0.1, -0.05) is 12.1 Å². The molecule has 1 fully saturated rings. The van der Waals surface area contributed by atoms with Crippen LogP contribution in [0.2, 0.25) is 0 Å². The van der Waals surface area contributed by atoms with Crippen molar-refractivity contribution >= 4 is 17.7 Å². The van der Waals surface area contributed by atoms with Crippen molar-refractivity contribution in [3.05, 3.63) is 33.7 Å². The first-order valence-corrected chi connectivity index (χ1v) is 5.50. The number of benzene rings is 1. The van der Waals surface area contributed by atoms with E-state index in [2.05, 4.69) is 23.5 Å². The molecule has 1 amide bonds. The molecule has 0 bridgehead atoms. The van der Waals surface area contributed by atoms with E-state index in [1.165, 1.54) is 27.3 Å². The molecule has 74 valence electrons. The molecular weight excluding hydrogens is 186 g/mol. The van der Waals surface area contributed by atoms with E-state index in [9.17, 15) is 4.79 Å². The van der Waals surface area contributed by atoms with E-state index in [0.717, 1.165) is 12.8 Å². The first kappa shape index (κ1) is 7.69. The van der Waals surface area contributed by atoms with Gasteiger partial charge in [0.1, 0.15) is 0 Å². The lowest BCUT2D eigenvalue weighted by Crippen LogP contribution is -2.34. The molecule has 2 heteroatoms. The summed E-state index contributed by atoms with van der Waals surface area (Å²) in [6, 6.07) is 4.40. The molecule has 0 aromatic heterocycles. The normalized spacial score (nSPS) is 24.9. The molecule has 1 N–H and O–H groups in total. The first-order valence-electron chi connectivity index (χ1n) is 5.50. The van der Waals surface area contributed by atoms with Crippen LogP contribution in [-0.4, -0.2) is 5.91 Å². The van der Waals surface area contributed by atoms with Crippen LogP contribution in [0, 0.1) is 5.92 Å². The van der Waals surface area contributed by atoms with Gasteiger partial charge in [0.15, 0.2) is 0 Å². The van der Waals surface area contributed by atoms with Gasteiger partial charge in [0.2, 0.25) is 5.91 Å². The van der Waals surface area contributed by atoms with Gasteiger partial charge in [-0.2, -0.15) is 0 Å². The number of carbonyl (C=O) groups is 1. The minimum absolute atomic E-state index is 0.195. The molecule has 0 saturated carbocycles. The second-order valence-corrected chi connectivity index (χ2v) is 4.65. The molecule has 1 aliphatic heterocycles. The maximum atomic E-state index is 11.4. The van der Waals surface area contributed by atoms with Gasteiger partial charge in [0.05, 0.1) is 0 Å². The Morgan fingerprint density at radius 2 is 2.27 bits per heavy atom. The highest BCUT2D eigenvalue weighted by Crippen LogP contribution is 2.28. The van der Waals surface area contributed by atoms with Crippen LogP contribution in [-0.2, 0) is 11.2 Å². The number of fused-ring (bicyclic) bond motifs is 4. The smallest absolute Gasteiger partial charge is 0.224 e. The minimum atomic E-state index is 0.195. The highest BCUT2D eigenvalue weighted by atomic mass is 16.1. The Morgan fingerprint density at radius 1 is 1.33 bits per heavy atom. The molecule has 4 rings (SSSR count). The summed E-state index contributed by atoms with van der Waals surface area (Å²) in [4.78, 5) is 11.4. The zero-order valence-electron chi connectivity index (χ0n) is 8.34. The lowest BCUT2D eigenvalue weighted by molar-refractivity contribution is -0.119. The third kappa shape index (κ3) is 0.916. The maximum Gasteiger partial charge on any atom is 0.224 e. The van der Waals surface area contributed by atoms with Gasteiger partial charge in [-0.05, 0) is 35.3 Å². The summed E-state index contributed by atoms with van der Waals surface area (Å²) < 4.78 is 0. The minimum Gasteiger partial charge on any atom is -0.329 e. The number of carbonyl (C=O) groups excluding carboxylic acids is 1. The molecule has 1 unspecified atom stereocenters. The molecule has 2 nitrogen and oxygen atoms in total. The number of aryl methyl sites for hydroxylation is 1. The molecule has 15 heavy (non-hydrogen) atoms. The van der Waals surface area contributed by atoms with E-state index in [0.29, 0.717) is 12.3 Å². The van der Waals surface area contributed by atoms with Crippen LogP contribution in [0.3, 0.4) is 0 Å². The fourth-order valence-electron chi connectivity index (χ4n) is 2.92. The van der Waals surface area contributed by atoms with Gasteiger partial charge in [0, 0.05) is 23.3 Å². The van der Waals surface area contributed by atoms with E-state index in [4.69, 9.17) is 0 Å². The largest absolute Gasteiger partial charge is 0.329 e. The van der Waals surface area contributed by atoms with E-state index in [-0.39, 0.29) is 5.91 Å². The van der Waals surface area contributed by atoms with E-state index < -0.39 is 0 Å². The van der Waals surface area contributed by atoms with E-state index >= 15 is 0 Å². The number of nitrogens with one attached hydrogen (secondary N) is 1. The predicted molar refractivity (Wildman–Crippen MR) is 57.2 cm³/mol. The molecule has 0 radical (unpaired) electrons. The Labute approximate surface area is 87.3 Å². The summed E-state index contributed by atoms with van der Waals surface area (Å²) in [6.45, 7) is 0. The second-order valence-electron chi connectivity index (χ2n) is 4.65. The predicted octanol–water partition coefficient (Wildman–Crippen LogP) is 0.0193. The fourth-order valence-corrected chi connectivity index (χ4v) is 2.92. The molecule has 1 saturated heterocycles. The summed E-state index contributed by atoms with van der Waals surface area (Å²) in [6.07, 6.45) is 5.15. The van der Waals surface area contributed by atoms with Gasteiger partial charge < -0.3 is 5.32 Å². The van der Waals surface area contributed by atoms with Crippen LogP contribution in [0.15, 0.2) is 12.1 Å². The van der Waals surface area contributed by atoms with Gasteiger partial charge >= 0.3 is 0 Å². The Hall–Kier alpha value is -1.57. The van der Waals surface area contributed by atoms with Crippen molar-refractivity contribution in [2.45, 2.75) is 19.3 Å². The monoisotopic (exact) mass is 197 g/mol. The Bertz CT molecular complexity index is 612. The van der Waals surface area contributed by atoms with E-state index in [1.807, 2.05) is 0 Å². The average molecular weight is 197 g/mol. The van der Waals surface area contributed by atoms with Crippen molar-refractivity contribution in [2.75, 3.05) is 0 Å². The molecule has 0 spiro atoms. The molecule has 1 aromatic carbocycles. The summed E-state index contributed by atoms with van der Waals surface area (Å²) >= 11 is 0. The van der Waals surface area contributed by atoms with Crippen molar-refractivity contribution in [2.24, 2.45) is 5.92 Å². The number of hydrogen-bond donors (Lipinski definition) is 1. The number of hydrogen-bond acceptors (Lipinski definition) is 1. The Morgan fingerprint density at radius 3 is 3.20 bits per heavy atom. The quantitative estimate of drug-likeness (QED) is 0.634. The van der Waals surface area contributed by atoms with Crippen LogP contribution in [0.5, 0.6) is 0 Å². The van der Waals surface area contributed by atoms with E-state index in [1.54, 1.807) is 0 Å². The topological polar surface area (TPSA) is 29.1 Å². The molecule has 1 aromatic rings. The molecule has 2 aliphatic carbocycles. The zero-order chi connectivity index (χ0) is 9.99. The standard InChI is InChI=1S/C13H11NO/c15-11-6-9-4-2-7-1-3-8-5-10(8)12(7)13(9)14-11/h1,3,5,9H,2,4,6H2,(H,14,15). The van der Waals surface area contributed by atoms with Gasteiger partial charge in [-0.3, -0.25) is 4.79 Å². The molecule has 1 atom stereocenters. The van der Waals surface area contributed by atoms with Crippen molar-refractivity contribution in [3.8, 4) is 0 Å². The van der Waals surface area contributed by atoms with Gasteiger partial charge in [0.25, 0.3) is 0 Å². The highest BCUT2D eigenvalue weighted by Gasteiger charge is 2.31. The summed E-state index contributed by atoms with van der Waals surface area (Å²) in [5, 5.41) is 5.76. The van der Waals surface area contributed by atoms with Crippen molar-refractivity contribution in [1.29, 1.82) is 0 Å². The molecular formula is C13H11NO. The van der Waals surface area contributed by atoms with Crippen LogP contribution in [0.25, 0.3) is 11.8 Å². The average Bonchev–Trinajstić information content (AvgIpc) is 2.92. The van der Waals surface area contributed by atoms with Gasteiger partial charge in [-0.15, -0.1) is 0 Å². The van der Waals surface area contributed by atoms with Crippen molar-refractivity contribution < 1.29 is 4.79 Å². The van der Waals surface area contributed by atoms with Crippen LogP contribution in [0.1, 0.15) is 24.0 Å². The lowest BCUT2D eigenvalue weighted by Gasteiger charge is -2.17. The SMILES string of the molecule is O=C1CC2CCc3ccc4c(c3=C2N1)=C4. The van der Waals surface area contributed by atoms with Crippen LogP contribution < -0.4 is 15.8 Å². The van der Waals surface area contributed by atoms with Crippen LogP contribution in [0.4, 0.5) is 0 Å². The highest BCUT2D eigenvalue weighted by molar-refractivity contribution is 5.90. The zero-order valence-corrected chi connectivity index (χ0v) is 8.34.